The van der Waals surface area contributed by atoms with Crippen LogP contribution in [0.1, 0.15) is 19.3 Å². The van der Waals surface area contributed by atoms with Gasteiger partial charge in [-0.25, -0.2) is 0 Å². The standard InChI is InChI=1S/C7H11BrO2/c8-4-5-1-6(9)3-7(10)2-5/h4,6-7,9-10H,1-3H2/t6-,7-/m1/s1. The molecule has 10 heavy (non-hydrogen) atoms. The molecule has 2 nitrogen and oxygen atoms in total. The van der Waals surface area contributed by atoms with Crippen molar-refractivity contribution in [1.82, 2.24) is 0 Å². The predicted octanol–water partition coefficient (Wildman–Crippen LogP) is 1.17. The van der Waals surface area contributed by atoms with E-state index in [4.69, 9.17) is 10.2 Å². The number of halogens is 1. The van der Waals surface area contributed by atoms with Crippen molar-refractivity contribution in [1.29, 1.82) is 0 Å². The summed E-state index contributed by atoms with van der Waals surface area (Å²) in [6, 6.07) is 0. The van der Waals surface area contributed by atoms with E-state index in [0.29, 0.717) is 19.3 Å². The Balaban J connectivity index is 2.51. The SMILES string of the molecule is O[C@@H]1CC(=CBr)C[C@@H](O)C1. The second-order valence-electron chi connectivity index (χ2n) is 2.72. The lowest BCUT2D eigenvalue weighted by atomic mass is 9.91. The first-order chi connectivity index (χ1) is 4.72. The van der Waals surface area contributed by atoms with Gasteiger partial charge in [-0.1, -0.05) is 21.5 Å². The molecule has 0 heterocycles. The van der Waals surface area contributed by atoms with Gasteiger partial charge in [-0.2, -0.15) is 0 Å². The molecule has 0 aromatic carbocycles. The lowest BCUT2D eigenvalue weighted by Gasteiger charge is -2.23. The van der Waals surface area contributed by atoms with Crippen molar-refractivity contribution in [2.24, 2.45) is 0 Å². The number of rotatable bonds is 0. The summed E-state index contributed by atoms with van der Waals surface area (Å²) in [5.74, 6) is 0. The average Bonchev–Trinajstić information content (AvgIpc) is 1.85. The molecule has 1 aliphatic carbocycles. The minimum absolute atomic E-state index is 0.354. The van der Waals surface area contributed by atoms with E-state index in [9.17, 15) is 0 Å². The van der Waals surface area contributed by atoms with Gasteiger partial charge < -0.3 is 10.2 Å². The lowest BCUT2D eigenvalue weighted by molar-refractivity contribution is 0.0611. The van der Waals surface area contributed by atoms with Gasteiger partial charge in [-0.3, -0.25) is 0 Å². The minimum Gasteiger partial charge on any atom is -0.393 e. The maximum Gasteiger partial charge on any atom is 0.0602 e. The molecule has 0 saturated heterocycles. The van der Waals surface area contributed by atoms with Crippen molar-refractivity contribution < 1.29 is 10.2 Å². The molecule has 0 radical (unpaired) electrons. The third-order valence-corrected chi connectivity index (χ3v) is 2.34. The Hall–Kier alpha value is 0.140. The zero-order valence-electron chi connectivity index (χ0n) is 5.63. The molecule has 1 fully saturated rings. The highest BCUT2D eigenvalue weighted by Gasteiger charge is 2.20. The van der Waals surface area contributed by atoms with Gasteiger partial charge in [0.2, 0.25) is 0 Å². The van der Waals surface area contributed by atoms with E-state index in [-0.39, 0.29) is 12.2 Å². The second kappa shape index (κ2) is 3.51. The topological polar surface area (TPSA) is 40.5 Å². The van der Waals surface area contributed by atoms with Gasteiger partial charge in [0.15, 0.2) is 0 Å². The average molecular weight is 207 g/mol. The summed E-state index contributed by atoms with van der Waals surface area (Å²) in [6.45, 7) is 0. The Bertz CT molecular complexity index is 133. The largest absolute Gasteiger partial charge is 0.393 e. The summed E-state index contributed by atoms with van der Waals surface area (Å²) < 4.78 is 0. The van der Waals surface area contributed by atoms with Gasteiger partial charge in [0, 0.05) is 0 Å². The minimum atomic E-state index is -0.354. The van der Waals surface area contributed by atoms with E-state index in [0.717, 1.165) is 5.57 Å². The van der Waals surface area contributed by atoms with Crippen LogP contribution in [0.2, 0.25) is 0 Å². The summed E-state index contributed by atoms with van der Waals surface area (Å²) in [5, 5.41) is 18.3. The maximum absolute atomic E-state index is 9.16. The summed E-state index contributed by atoms with van der Waals surface area (Å²) in [5.41, 5.74) is 1.09. The fourth-order valence-electron chi connectivity index (χ4n) is 1.26. The van der Waals surface area contributed by atoms with Gasteiger partial charge in [-0.05, 0) is 24.2 Å². The quantitative estimate of drug-likeness (QED) is 0.625. The fourth-order valence-corrected chi connectivity index (χ4v) is 1.63. The molecule has 0 spiro atoms. The Morgan fingerprint density at radius 2 is 1.80 bits per heavy atom. The van der Waals surface area contributed by atoms with Crippen LogP contribution in [-0.2, 0) is 0 Å². The van der Waals surface area contributed by atoms with Crippen LogP contribution >= 0.6 is 15.9 Å². The molecule has 1 aliphatic rings. The molecule has 1 rings (SSSR count). The number of aliphatic hydroxyl groups excluding tert-OH is 2. The zero-order chi connectivity index (χ0) is 7.56. The monoisotopic (exact) mass is 206 g/mol. The Morgan fingerprint density at radius 3 is 2.20 bits per heavy atom. The second-order valence-corrected chi connectivity index (χ2v) is 3.18. The Labute approximate surface area is 68.7 Å². The van der Waals surface area contributed by atoms with Crippen molar-refractivity contribution in [2.45, 2.75) is 31.5 Å². The van der Waals surface area contributed by atoms with Gasteiger partial charge in [0.1, 0.15) is 0 Å². The molecule has 3 heteroatoms. The van der Waals surface area contributed by atoms with Crippen LogP contribution in [-0.4, -0.2) is 22.4 Å². The van der Waals surface area contributed by atoms with Crippen LogP contribution in [0.15, 0.2) is 10.6 Å². The van der Waals surface area contributed by atoms with Crippen LogP contribution in [0.5, 0.6) is 0 Å². The molecule has 0 aromatic heterocycles. The smallest absolute Gasteiger partial charge is 0.0602 e. The van der Waals surface area contributed by atoms with Crippen molar-refractivity contribution >= 4 is 15.9 Å². The molecule has 0 aliphatic heterocycles. The van der Waals surface area contributed by atoms with E-state index in [1.54, 1.807) is 4.99 Å². The Morgan fingerprint density at radius 1 is 1.30 bits per heavy atom. The summed E-state index contributed by atoms with van der Waals surface area (Å²) in [4.78, 5) is 1.79. The van der Waals surface area contributed by atoms with Gasteiger partial charge >= 0.3 is 0 Å². The van der Waals surface area contributed by atoms with Crippen molar-refractivity contribution in [2.75, 3.05) is 0 Å². The van der Waals surface area contributed by atoms with Crippen LogP contribution < -0.4 is 0 Å². The molecular formula is C7H11BrO2. The van der Waals surface area contributed by atoms with Gasteiger partial charge in [0.25, 0.3) is 0 Å². The van der Waals surface area contributed by atoms with Crippen LogP contribution in [0, 0.1) is 0 Å². The van der Waals surface area contributed by atoms with Crippen molar-refractivity contribution in [3.05, 3.63) is 10.6 Å². The third-order valence-electron chi connectivity index (χ3n) is 1.69. The van der Waals surface area contributed by atoms with E-state index in [1.165, 1.54) is 0 Å². The van der Waals surface area contributed by atoms with E-state index < -0.39 is 0 Å². The normalized spacial score (nSPS) is 34.1. The van der Waals surface area contributed by atoms with Gasteiger partial charge in [-0.15, -0.1) is 0 Å². The van der Waals surface area contributed by atoms with Crippen LogP contribution in [0.4, 0.5) is 0 Å². The van der Waals surface area contributed by atoms with E-state index in [1.807, 2.05) is 0 Å². The number of hydrogen-bond acceptors (Lipinski definition) is 2. The summed E-state index contributed by atoms with van der Waals surface area (Å²) in [7, 11) is 0. The van der Waals surface area contributed by atoms with Crippen molar-refractivity contribution in [3.8, 4) is 0 Å². The molecular weight excluding hydrogens is 196 g/mol. The molecule has 0 bridgehead atoms. The molecule has 0 aromatic rings. The first-order valence-corrected chi connectivity index (χ1v) is 4.28. The predicted molar refractivity (Wildman–Crippen MR) is 42.9 cm³/mol. The number of aliphatic hydroxyl groups is 2. The van der Waals surface area contributed by atoms with Crippen LogP contribution in [0.25, 0.3) is 0 Å². The Kier molecular flexibility index (Phi) is 2.89. The summed E-state index contributed by atoms with van der Waals surface area (Å²) in [6.07, 6.45) is 1.20. The molecule has 0 amide bonds. The van der Waals surface area contributed by atoms with Crippen LogP contribution in [0.3, 0.4) is 0 Å². The molecule has 1 saturated carbocycles. The molecule has 2 atom stereocenters. The third kappa shape index (κ3) is 2.08. The molecule has 2 N–H and O–H groups in total. The van der Waals surface area contributed by atoms with E-state index in [2.05, 4.69) is 15.9 Å². The zero-order valence-corrected chi connectivity index (χ0v) is 7.21. The highest BCUT2D eigenvalue weighted by molar-refractivity contribution is 9.11. The highest BCUT2D eigenvalue weighted by Crippen LogP contribution is 2.24. The molecule has 58 valence electrons. The first kappa shape index (κ1) is 8.24. The first-order valence-electron chi connectivity index (χ1n) is 3.36. The fraction of sp³-hybridized carbons (Fsp3) is 0.714. The van der Waals surface area contributed by atoms with E-state index >= 15 is 0 Å². The molecule has 0 unspecified atom stereocenters. The maximum atomic E-state index is 9.16. The number of hydrogen-bond donors (Lipinski definition) is 2. The van der Waals surface area contributed by atoms with Crippen molar-refractivity contribution in [3.63, 3.8) is 0 Å². The lowest BCUT2D eigenvalue weighted by Crippen LogP contribution is -2.24. The van der Waals surface area contributed by atoms with Gasteiger partial charge in [0.05, 0.1) is 12.2 Å². The highest BCUT2D eigenvalue weighted by atomic mass is 79.9. The summed E-state index contributed by atoms with van der Waals surface area (Å²) >= 11 is 3.18.